The van der Waals surface area contributed by atoms with Crippen LogP contribution in [0.15, 0.2) is 76.1 Å². The molecule has 28 heavy (non-hydrogen) atoms. The van der Waals surface area contributed by atoms with Gasteiger partial charge in [0.2, 0.25) is 10.0 Å². The summed E-state index contributed by atoms with van der Waals surface area (Å²) in [6.45, 7) is 0.468. The summed E-state index contributed by atoms with van der Waals surface area (Å²) in [5, 5.41) is 0. The van der Waals surface area contributed by atoms with Gasteiger partial charge in [0, 0.05) is 23.1 Å². The standard InChI is InChI=1S/C21H18BrNO4S/c1-26-18-9-6-15(7-10-18)13-23-14-16-4-2-3-5-19(16)27-20-12-17(22)8-11-21(20)28(23,24)25/h2-12H,13-14H2,1H3. The van der Waals surface area contributed by atoms with Crippen LogP contribution in [-0.4, -0.2) is 19.8 Å². The summed E-state index contributed by atoms with van der Waals surface area (Å²) in [4.78, 5) is 0.152. The van der Waals surface area contributed by atoms with Crippen LogP contribution in [0.5, 0.6) is 17.2 Å². The van der Waals surface area contributed by atoms with Gasteiger partial charge in [0.05, 0.1) is 7.11 Å². The maximum absolute atomic E-state index is 13.4. The SMILES string of the molecule is COc1ccc(CN2Cc3ccccc3Oc3cc(Br)ccc3S2(=O)=O)cc1. The van der Waals surface area contributed by atoms with Gasteiger partial charge < -0.3 is 9.47 Å². The molecule has 0 N–H and O–H groups in total. The molecule has 0 spiro atoms. The Morgan fingerprint density at radius 3 is 2.54 bits per heavy atom. The number of fused-ring (bicyclic) bond motifs is 2. The summed E-state index contributed by atoms with van der Waals surface area (Å²) < 4.78 is 40.3. The van der Waals surface area contributed by atoms with Gasteiger partial charge in [-0.3, -0.25) is 0 Å². The van der Waals surface area contributed by atoms with E-state index in [1.807, 2.05) is 48.5 Å². The Labute approximate surface area is 172 Å². The molecule has 0 radical (unpaired) electrons. The first-order valence-electron chi connectivity index (χ1n) is 8.66. The van der Waals surface area contributed by atoms with Gasteiger partial charge in [-0.05, 0) is 42.0 Å². The third-order valence-corrected chi connectivity index (χ3v) is 6.91. The van der Waals surface area contributed by atoms with E-state index in [9.17, 15) is 8.42 Å². The van der Waals surface area contributed by atoms with E-state index in [1.165, 1.54) is 4.31 Å². The van der Waals surface area contributed by atoms with Crippen molar-refractivity contribution in [1.29, 1.82) is 0 Å². The number of nitrogens with zero attached hydrogens (tertiary/aromatic N) is 1. The number of ether oxygens (including phenoxy) is 2. The topological polar surface area (TPSA) is 55.8 Å². The lowest BCUT2D eigenvalue weighted by atomic mass is 10.1. The van der Waals surface area contributed by atoms with E-state index in [0.29, 0.717) is 11.5 Å². The van der Waals surface area contributed by atoms with Crippen LogP contribution < -0.4 is 9.47 Å². The fraction of sp³-hybridized carbons (Fsp3) is 0.143. The number of hydrogen-bond donors (Lipinski definition) is 0. The van der Waals surface area contributed by atoms with Crippen molar-refractivity contribution >= 4 is 26.0 Å². The van der Waals surface area contributed by atoms with Crippen LogP contribution in [0.4, 0.5) is 0 Å². The first-order valence-corrected chi connectivity index (χ1v) is 10.9. The van der Waals surface area contributed by atoms with Crippen LogP contribution in [0.1, 0.15) is 11.1 Å². The molecule has 0 amide bonds. The molecular formula is C21H18BrNO4S. The lowest BCUT2D eigenvalue weighted by molar-refractivity contribution is 0.374. The largest absolute Gasteiger partial charge is 0.497 e. The molecule has 144 valence electrons. The molecule has 0 aromatic heterocycles. The molecule has 1 aliphatic heterocycles. The van der Waals surface area contributed by atoms with Gasteiger partial charge in [-0.1, -0.05) is 46.3 Å². The van der Waals surface area contributed by atoms with Gasteiger partial charge in [0.1, 0.15) is 22.1 Å². The molecule has 0 saturated carbocycles. The molecular weight excluding hydrogens is 442 g/mol. The van der Waals surface area contributed by atoms with Gasteiger partial charge in [-0.15, -0.1) is 0 Å². The van der Waals surface area contributed by atoms with Gasteiger partial charge in [0.25, 0.3) is 0 Å². The Balaban J connectivity index is 1.81. The number of para-hydroxylation sites is 1. The zero-order valence-electron chi connectivity index (χ0n) is 15.1. The lowest BCUT2D eigenvalue weighted by Crippen LogP contribution is -2.31. The van der Waals surface area contributed by atoms with Gasteiger partial charge in [-0.25, -0.2) is 8.42 Å². The second-order valence-corrected chi connectivity index (χ2v) is 9.24. The van der Waals surface area contributed by atoms with Crippen LogP contribution >= 0.6 is 15.9 Å². The molecule has 0 unspecified atom stereocenters. The molecule has 1 aliphatic rings. The van der Waals surface area contributed by atoms with Crippen molar-refractivity contribution in [2.24, 2.45) is 0 Å². The maximum atomic E-state index is 13.4. The minimum atomic E-state index is -3.76. The Kier molecular flexibility index (Phi) is 5.14. The quantitative estimate of drug-likeness (QED) is 0.555. The Morgan fingerprint density at radius 2 is 1.79 bits per heavy atom. The molecule has 5 nitrogen and oxygen atoms in total. The zero-order valence-corrected chi connectivity index (χ0v) is 17.5. The summed E-state index contributed by atoms with van der Waals surface area (Å²) in [5.41, 5.74) is 1.69. The average molecular weight is 460 g/mol. The van der Waals surface area contributed by atoms with Crippen molar-refractivity contribution in [2.75, 3.05) is 7.11 Å². The van der Waals surface area contributed by atoms with E-state index < -0.39 is 10.0 Å². The first kappa shape index (κ1) is 19.0. The second kappa shape index (κ2) is 7.58. The van der Waals surface area contributed by atoms with E-state index >= 15 is 0 Å². The van der Waals surface area contributed by atoms with E-state index in [2.05, 4.69) is 15.9 Å². The fourth-order valence-electron chi connectivity index (χ4n) is 3.12. The molecule has 1 heterocycles. The van der Waals surface area contributed by atoms with Crippen LogP contribution in [0.3, 0.4) is 0 Å². The highest BCUT2D eigenvalue weighted by Crippen LogP contribution is 2.38. The first-order chi connectivity index (χ1) is 13.5. The van der Waals surface area contributed by atoms with Gasteiger partial charge in [-0.2, -0.15) is 4.31 Å². The third kappa shape index (κ3) is 3.65. The maximum Gasteiger partial charge on any atom is 0.247 e. The van der Waals surface area contributed by atoms with E-state index in [-0.39, 0.29) is 18.0 Å². The molecule has 4 rings (SSSR count). The number of halogens is 1. The number of rotatable bonds is 3. The predicted octanol–water partition coefficient (Wildman–Crippen LogP) is 4.95. The Bertz CT molecular complexity index is 1110. The zero-order chi connectivity index (χ0) is 19.7. The number of methoxy groups -OCH3 is 1. The molecule has 3 aromatic rings. The third-order valence-electron chi connectivity index (χ3n) is 4.58. The summed E-state index contributed by atoms with van der Waals surface area (Å²) >= 11 is 3.40. The van der Waals surface area contributed by atoms with Crippen molar-refractivity contribution < 1.29 is 17.9 Å². The monoisotopic (exact) mass is 459 g/mol. The Morgan fingerprint density at radius 1 is 1.04 bits per heavy atom. The van der Waals surface area contributed by atoms with Crippen LogP contribution in [0.25, 0.3) is 0 Å². The van der Waals surface area contributed by atoms with Crippen molar-refractivity contribution in [1.82, 2.24) is 4.31 Å². The number of hydrogen-bond acceptors (Lipinski definition) is 4. The summed E-state index contributed by atoms with van der Waals surface area (Å²) in [6, 6.07) is 19.9. The molecule has 3 aromatic carbocycles. The highest BCUT2D eigenvalue weighted by molar-refractivity contribution is 9.10. The summed E-state index contributed by atoms with van der Waals surface area (Å²) in [5.74, 6) is 1.69. The molecule has 0 aliphatic carbocycles. The summed E-state index contributed by atoms with van der Waals surface area (Å²) in [7, 11) is -2.16. The minimum Gasteiger partial charge on any atom is -0.497 e. The highest BCUT2D eigenvalue weighted by atomic mass is 79.9. The van der Waals surface area contributed by atoms with Crippen molar-refractivity contribution in [3.63, 3.8) is 0 Å². The molecule has 0 bridgehead atoms. The Hall–Kier alpha value is -2.35. The van der Waals surface area contributed by atoms with E-state index in [0.717, 1.165) is 21.3 Å². The highest BCUT2D eigenvalue weighted by Gasteiger charge is 2.31. The lowest BCUT2D eigenvalue weighted by Gasteiger charge is -2.27. The van der Waals surface area contributed by atoms with Crippen LogP contribution in [0, 0.1) is 0 Å². The number of sulfonamides is 1. The molecule has 7 heteroatoms. The summed E-state index contributed by atoms with van der Waals surface area (Å²) in [6.07, 6.45) is 0. The minimum absolute atomic E-state index is 0.152. The molecule has 0 fully saturated rings. The second-order valence-electron chi connectivity index (χ2n) is 6.42. The molecule has 0 atom stereocenters. The fourth-order valence-corrected chi connectivity index (χ4v) is 4.96. The van der Waals surface area contributed by atoms with Gasteiger partial charge in [0.15, 0.2) is 0 Å². The number of benzene rings is 3. The van der Waals surface area contributed by atoms with E-state index in [4.69, 9.17) is 9.47 Å². The normalized spacial score (nSPS) is 15.5. The van der Waals surface area contributed by atoms with Crippen LogP contribution in [0.2, 0.25) is 0 Å². The van der Waals surface area contributed by atoms with Crippen LogP contribution in [-0.2, 0) is 23.1 Å². The van der Waals surface area contributed by atoms with Gasteiger partial charge >= 0.3 is 0 Å². The average Bonchev–Trinajstić information content (AvgIpc) is 2.68. The van der Waals surface area contributed by atoms with Crippen molar-refractivity contribution in [2.45, 2.75) is 18.0 Å². The predicted molar refractivity (Wildman–Crippen MR) is 110 cm³/mol. The van der Waals surface area contributed by atoms with Crippen molar-refractivity contribution in [3.05, 3.63) is 82.3 Å². The van der Waals surface area contributed by atoms with Crippen molar-refractivity contribution in [3.8, 4) is 17.2 Å². The van der Waals surface area contributed by atoms with E-state index in [1.54, 1.807) is 25.3 Å². The molecule has 0 saturated heterocycles. The smallest absolute Gasteiger partial charge is 0.247 e.